The van der Waals surface area contributed by atoms with Gasteiger partial charge in [-0.25, -0.2) is 13.4 Å². The molecule has 104 valence electrons. The van der Waals surface area contributed by atoms with E-state index in [2.05, 4.69) is 41.8 Å². The molecule has 0 atom stereocenters. The van der Waals surface area contributed by atoms with Crippen molar-refractivity contribution < 1.29 is 8.42 Å². The summed E-state index contributed by atoms with van der Waals surface area (Å²) < 4.78 is 25.1. The lowest BCUT2D eigenvalue weighted by Gasteiger charge is -1.96. The monoisotopic (exact) mass is 434 g/mol. The summed E-state index contributed by atoms with van der Waals surface area (Å²) in [6.07, 6.45) is 1.19. The normalized spacial score (nSPS) is 12.2. The van der Waals surface area contributed by atoms with Gasteiger partial charge in [0.05, 0.1) is 23.5 Å². The second-order valence-electron chi connectivity index (χ2n) is 4.27. The highest BCUT2D eigenvalue weighted by molar-refractivity contribution is 9.12. The van der Waals surface area contributed by atoms with Gasteiger partial charge in [0.2, 0.25) is 0 Å². The molecule has 0 aliphatic rings. The molecule has 0 bridgehead atoms. The van der Waals surface area contributed by atoms with Gasteiger partial charge in [0.15, 0.2) is 9.84 Å². The molecule has 0 amide bonds. The van der Waals surface area contributed by atoms with Crippen LogP contribution >= 0.6 is 43.2 Å². The van der Waals surface area contributed by atoms with E-state index in [4.69, 9.17) is 0 Å². The number of benzene rings is 1. The quantitative estimate of drug-likeness (QED) is 0.655. The number of nitrogens with one attached hydrogen (secondary N) is 1. The molecule has 2 aromatic heterocycles. The maximum atomic E-state index is 11.6. The Morgan fingerprint density at radius 2 is 2.00 bits per heavy atom. The third kappa shape index (κ3) is 2.57. The first-order valence-corrected chi connectivity index (χ1v) is 9.79. The number of H-pyrrole nitrogens is 1. The molecule has 4 nitrogen and oxygen atoms in total. The van der Waals surface area contributed by atoms with E-state index in [0.717, 1.165) is 18.7 Å². The zero-order valence-corrected chi connectivity index (χ0v) is 15.0. The number of hydrogen-bond acceptors (Lipinski definition) is 4. The summed E-state index contributed by atoms with van der Waals surface area (Å²) >= 11 is 8.48. The molecule has 20 heavy (non-hydrogen) atoms. The van der Waals surface area contributed by atoms with Crippen molar-refractivity contribution in [2.24, 2.45) is 0 Å². The minimum absolute atomic E-state index is 0.283. The first-order valence-electron chi connectivity index (χ1n) is 5.49. The molecule has 0 radical (unpaired) electrons. The Labute approximate surface area is 136 Å². The highest BCUT2D eigenvalue weighted by Crippen LogP contribution is 2.38. The fourth-order valence-corrected chi connectivity index (χ4v) is 5.30. The molecule has 0 aliphatic carbocycles. The highest BCUT2D eigenvalue weighted by Gasteiger charge is 2.14. The zero-order chi connectivity index (χ0) is 14.5. The number of hydrogen-bond donors (Lipinski definition) is 1. The summed E-state index contributed by atoms with van der Waals surface area (Å²) in [4.78, 5) is 7.93. The van der Waals surface area contributed by atoms with Crippen molar-refractivity contribution in [3.05, 3.63) is 31.8 Å². The summed E-state index contributed by atoms with van der Waals surface area (Å²) in [5, 5.41) is 0. The molecule has 1 N–H and O–H groups in total. The van der Waals surface area contributed by atoms with Gasteiger partial charge in [-0.05, 0) is 56.1 Å². The molecule has 0 unspecified atom stereocenters. The first-order chi connectivity index (χ1) is 9.34. The average molecular weight is 436 g/mol. The van der Waals surface area contributed by atoms with E-state index in [-0.39, 0.29) is 4.90 Å². The Morgan fingerprint density at radius 1 is 1.25 bits per heavy atom. The largest absolute Gasteiger partial charge is 0.338 e. The highest BCUT2D eigenvalue weighted by atomic mass is 79.9. The molecule has 8 heteroatoms. The minimum atomic E-state index is -3.22. The molecule has 0 spiro atoms. The number of aromatic nitrogens is 2. The number of aromatic amines is 1. The first kappa shape index (κ1) is 14.2. The van der Waals surface area contributed by atoms with Crippen molar-refractivity contribution in [2.75, 3.05) is 6.26 Å². The maximum Gasteiger partial charge on any atom is 0.175 e. The summed E-state index contributed by atoms with van der Waals surface area (Å²) in [5.41, 5.74) is 2.39. The fourth-order valence-electron chi connectivity index (χ4n) is 1.85. The van der Waals surface area contributed by atoms with Crippen LogP contribution in [0.1, 0.15) is 0 Å². The molecule has 0 aliphatic heterocycles. The van der Waals surface area contributed by atoms with Gasteiger partial charge in [0, 0.05) is 11.8 Å². The predicted molar refractivity (Wildman–Crippen MR) is 87.9 cm³/mol. The standard InChI is InChI=1S/C12H8Br2N2O2S2/c1-20(17,18)6-2-3-8-9(4-6)16-12(15-8)7-5-10(13)19-11(7)14/h2-5H,1H3,(H,15,16). The molecular formula is C12H8Br2N2O2S2. The summed E-state index contributed by atoms with van der Waals surface area (Å²) in [5.74, 6) is 0.708. The number of thiophene rings is 1. The van der Waals surface area contributed by atoms with E-state index in [9.17, 15) is 8.42 Å². The van der Waals surface area contributed by atoms with Crippen molar-refractivity contribution in [3.8, 4) is 11.4 Å². The molecule has 1 aromatic carbocycles. The summed E-state index contributed by atoms with van der Waals surface area (Å²) in [7, 11) is -3.22. The van der Waals surface area contributed by atoms with Gasteiger partial charge in [-0.1, -0.05) is 0 Å². The lowest BCUT2D eigenvalue weighted by atomic mass is 10.3. The van der Waals surface area contributed by atoms with Crippen LogP contribution in [0.25, 0.3) is 22.4 Å². The van der Waals surface area contributed by atoms with Crippen LogP contribution < -0.4 is 0 Å². The van der Waals surface area contributed by atoms with Gasteiger partial charge in [-0.3, -0.25) is 0 Å². The number of sulfone groups is 1. The van der Waals surface area contributed by atoms with Crippen molar-refractivity contribution in [1.29, 1.82) is 0 Å². The van der Waals surface area contributed by atoms with E-state index in [0.29, 0.717) is 11.3 Å². The molecule has 3 rings (SSSR count). The Kier molecular flexibility index (Phi) is 3.52. The van der Waals surface area contributed by atoms with Crippen LogP contribution in [0, 0.1) is 0 Å². The van der Waals surface area contributed by atoms with Crippen LogP contribution in [0.3, 0.4) is 0 Å². The number of rotatable bonds is 2. The number of imidazole rings is 1. The lowest BCUT2D eigenvalue weighted by Crippen LogP contribution is -1.96. The molecule has 0 fully saturated rings. The van der Waals surface area contributed by atoms with E-state index in [1.54, 1.807) is 29.5 Å². The van der Waals surface area contributed by atoms with E-state index in [1.807, 2.05) is 6.07 Å². The van der Waals surface area contributed by atoms with E-state index >= 15 is 0 Å². The summed E-state index contributed by atoms with van der Waals surface area (Å²) in [6, 6.07) is 6.85. The van der Waals surface area contributed by atoms with Crippen LogP contribution in [0.15, 0.2) is 36.7 Å². The topological polar surface area (TPSA) is 62.8 Å². The van der Waals surface area contributed by atoms with Gasteiger partial charge in [0.1, 0.15) is 5.82 Å². The molecule has 0 saturated carbocycles. The van der Waals surface area contributed by atoms with Gasteiger partial charge < -0.3 is 4.98 Å². The van der Waals surface area contributed by atoms with Crippen LogP contribution in [0.5, 0.6) is 0 Å². The van der Waals surface area contributed by atoms with Gasteiger partial charge >= 0.3 is 0 Å². The van der Waals surface area contributed by atoms with Crippen LogP contribution in [0.4, 0.5) is 0 Å². The Bertz CT molecular complexity index is 913. The van der Waals surface area contributed by atoms with Gasteiger partial charge in [-0.15, -0.1) is 11.3 Å². The molecule has 3 aromatic rings. The van der Waals surface area contributed by atoms with Crippen LogP contribution in [0.2, 0.25) is 0 Å². The number of halogens is 2. The number of nitrogens with zero attached hydrogens (tertiary/aromatic N) is 1. The Morgan fingerprint density at radius 3 is 2.60 bits per heavy atom. The number of fused-ring (bicyclic) bond motifs is 1. The maximum absolute atomic E-state index is 11.6. The molecule has 0 saturated heterocycles. The van der Waals surface area contributed by atoms with E-state index in [1.165, 1.54) is 6.26 Å². The predicted octanol–water partition coefficient (Wildman–Crippen LogP) is 4.22. The average Bonchev–Trinajstić information content (AvgIpc) is 2.89. The summed E-state index contributed by atoms with van der Waals surface area (Å²) in [6.45, 7) is 0. The van der Waals surface area contributed by atoms with Crippen molar-refractivity contribution in [3.63, 3.8) is 0 Å². The molecule has 2 heterocycles. The van der Waals surface area contributed by atoms with Crippen LogP contribution in [-0.2, 0) is 9.84 Å². The fraction of sp³-hybridized carbons (Fsp3) is 0.0833. The van der Waals surface area contributed by atoms with Crippen molar-refractivity contribution >= 4 is 64.1 Å². The zero-order valence-electron chi connectivity index (χ0n) is 10.1. The Balaban J connectivity index is 2.18. The van der Waals surface area contributed by atoms with Gasteiger partial charge in [-0.2, -0.15) is 0 Å². The van der Waals surface area contributed by atoms with Crippen LogP contribution in [-0.4, -0.2) is 24.6 Å². The molecular weight excluding hydrogens is 428 g/mol. The SMILES string of the molecule is CS(=O)(=O)c1ccc2nc(-c3cc(Br)sc3Br)[nH]c2c1. The van der Waals surface area contributed by atoms with Crippen molar-refractivity contribution in [2.45, 2.75) is 4.90 Å². The van der Waals surface area contributed by atoms with E-state index < -0.39 is 9.84 Å². The van der Waals surface area contributed by atoms with Gasteiger partial charge in [0.25, 0.3) is 0 Å². The van der Waals surface area contributed by atoms with Crippen molar-refractivity contribution in [1.82, 2.24) is 9.97 Å². The minimum Gasteiger partial charge on any atom is -0.338 e. The Hall–Kier alpha value is -0.700. The lowest BCUT2D eigenvalue weighted by molar-refractivity contribution is 0.602. The second kappa shape index (κ2) is 4.94. The third-order valence-corrected chi connectivity index (χ3v) is 6.24. The smallest absolute Gasteiger partial charge is 0.175 e. The second-order valence-corrected chi connectivity index (χ2v) is 10.0. The third-order valence-electron chi connectivity index (χ3n) is 2.79.